The molecular formula is C26H22Br2N4O4. The van der Waals surface area contributed by atoms with Gasteiger partial charge in [0, 0.05) is 26.5 Å². The van der Waals surface area contributed by atoms with Crippen LogP contribution in [-0.2, 0) is 6.61 Å². The van der Waals surface area contributed by atoms with Gasteiger partial charge < -0.3 is 4.74 Å². The molecule has 0 aliphatic heterocycles. The van der Waals surface area contributed by atoms with Gasteiger partial charge in [0.05, 0.1) is 22.0 Å². The highest BCUT2D eigenvalue weighted by Gasteiger charge is 2.20. The molecular weight excluding hydrogens is 592 g/mol. The van der Waals surface area contributed by atoms with E-state index in [2.05, 4.69) is 37.0 Å². The molecule has 4 aromatic rings. The highest BCUT2D eigenvalue weighted by Crippen LogP contribution is 2.31. The second-order valence-electron chi connectivity index (χ2n) is 8.17. The van der Waals surface area contributed by atoms with Crippen molar-refractivity contribution in [3.05, 3.63) is 107 Å². The first-order valence-corrected chi connectivity index (χ1v) is 12.8. The number of halogens is 2. The summed E-state index contributed by atoms with van der Waals surface area (Å²) in [7, 11) is 0. The normalized spacial score (nSPS) is 12.2. The standard InChI is InChI=1S/C26H22Br2N4O4/c1-3-16(2)25-30-22-12-11-20(28)13-21(22)26(33)31(25)29-14-18-5-4-6-23(32(34)35)24(18)36-15-17-7-9-19(27)10-8-17/h4-14,16H,3,15H2,1-2H3/t16-/m0/s1. The minimum atomic E-state index is -0.500. The Hall–Kier alpha value is -3.37. The molecule has 0 radical (unpaired) electrons. The van der Waals surface area contributed by atoms with Crippen LogP contribution in [0.3, 0.4) is 0 Å². The van der Waals surface area contributed by atoms with E-state index in [0.29, 0.717) is 22.3 Å². The predicted octanol–water partition coefficient (Wildman–Crippen LogP) is 6.80. The van der Waals surface area contributed by atoms with Gasteiger partial charge in [-0.1, -0.05) is 63.9 Å². The van der Waals surface area contributed by atoms with Crippen LogP contribution in [0, 0.1) is 10.1 Å². The third-order valence-electron chi connectivity index (χ3n) is 5.72. The molecule has 4 rings (SSSR count). The van der Waals surface area contributed by atoms with Crippen molar-refractivity contribution in [3.8, 4) is 5.75 Å². The third kappa shape index (κ3) is 5.55. The number of fused-ring (bicyclic) bond motifs is 1. The number of nitro groups is 1. The van der Waals surface area contributed by atoms with E-state index >= 15 is 0 Å². The summed E-state index contributed by atoms with van der Waals surface area (Å²) in [4.78, 5) is 29.3. The van der Waals surface area contributed by atoms with E-state index in [4.69, 9.17) is 9.72 Å². The van der Waals surface area contributed by atoms with Crippen molar-refractivity contribution in [3.63, 3.8) is 0 Å². The van der Waals surface area contributed by atoms with Crippen LogP contribution in [0.15, 0.2) is 79.5 Å². The Kier molecular flexibility index (Phi) is 7.95. The number of ether oxygens (including phenoxy) is 1. The zero-order valence-corrected chi connectivity index (χ0v) is 22.7. The topological polar surface area (TPSA) is 99.6 Å². The van der Waals surface area contributed by atoms with Gasteiger partial charge in [0.2, 0.25) is 5.75 Å². The van der Waals surface area contributed by atoms with Gasteiger partial charge in [0.15, 0.2) is 0 Å². The fourth-order valence-corrected chi connectivity index (χ4v) is 4.21. The van der Waals surface area contributed by atoms with Gasteiger partial charge in [-0.2, -0.15) is 9.78 Å². The van der Waals surface area contributed by atoms with E-state index in [9.17, 15) is 14.9 Å². The molecule has 10 heteroatoms. The maximum Gasteiger partial charge on any atom is 0.311 e. The molecule has 36 heavy (non-hydrogen) atoms. The summed E-state index contributed by atoms with van der Waals surface area (Å²) in [5.41, 5.74) is 1.29. The van der Waals surface area contributed by atoms with Crippen LogP contribution in [0.4, 0.5) is 5.69 Å². The van der Waals surface area contributed by atoms with Crippen LogP contribution < -0.4 is 10.3 Å². The fourth-order valence-electron chi connectivity index (χ4n) is 3.58. The van der Waals surface area contributed by atoms with Gasteiger partial charge in [0.25, 0.3) is 5.56 Å². The number of hydrogen-bond acceptors (Lipinski definition) is 6. The van der Waals surface area contributed by atoms with E-state index in [1.165, 1.54) is 17.0 Å². The molecule has 0 bridgehead atoms. The number of benzene rings is 3. The van der Waals surface area contributed by atoms with Crippen molar-refractivity contribution < 1.29 is 9.66 Å². The maximum absolute atomic E-state index is 13.4. The third-order valence-corrected chi connectivity index (χ3v) is 6.74. The quantitative estimate of drug-likeness (QED) is 0.124. The lowest BCUT2D eigenvalue weighted by Gasteiger charge is -2.14. The minimum absolute atomic E-state index is 0.0406. The van der Waals surface area contributed by atoms with Crippen LogP contribution in [0.5, 0.6) is 5.75 Å². The summed E-state index contributed by atoms with van der Waals surface area (Å²) in [6.07, 6.45) is 2.16. The van der Waals surface area contributed by atoms with Gasteiger partial charge in [-0.3, -0.25) is 14.9 Å². The summed E-state index contributed by atoms with van der Waals surface area (Å²) >= 11 is 6.79. The molecule has 1 aromatic heterocycles. The Morgan fingerprint density at radius 1 is 1.14 bits per heavy atom. The van der Waals surface area contributed by atoms with Crippen molar-refractivity contribution >= 4 is 54.7 Å². The van der Waals surface area contributed by atoms with Crippen LogP contribution in [0.1, 0.15) is 43.1 Å². The summed E-state index contributed by atoms with van der Waals surface area (Å²) < 4.78 is 8.84. The fraction of sp³-hybridized carbons (Fsp3) is 0.192. The number of rotatable bonds is 8. The van der Waals surface area contributed by atoms with E-state index in [-0.39, 0.29) is 29.5 Å². The molecule has 184 valence electrons. The number of para-hydroxylation sites is 1. The second-order valence-corrected chi connectivity index (χ2v) is 10.0. The van der Waals surface area contributed by atoms with E-state index < -0.39 is 4.92 Å². The molecule has 0 amide bonds. The largest absolute Gasteiger partial charge is 0.481 e. The smallest absolute Gasteiger partial charge is 0.311 e. The number of hydrogen-bond donors (Lipinski definition) is 0. The molecule has 0 spiro atoms. The Labute approximate surface area is 224 Å². The van der Waals surface area contributed by atoms with Crippen molar-refractivity contribution in [2.75, 3.05) is 0 Å². The lowest BCUT2D eigenvalue weighted by Crippen LogP contribution is -2.23. The second kappa shape index (κ2) is 11.1. The van der Waals surface area contributed by atoms with Crippen LogP contribution in [0.25, 0.3) is 10.9 Å². The SMILES string of the molecule is CC[C@H](C)c1nc2ccc(Br)cc2c(=O)n1N=Cc1cccc([N+](=O)[O-])c1OCc1ccc(Br)cc1. The first-order valence-electron chi connectivity index (χ1n) is 11.2. The Morgan fingerprint density at radius 3 is 2.56 bits per heavy atom. The monoisotopic (exact) mass is 612 g/mol. The average molecular weight is 614 g/mol. The highest BCUT2D eigenvalue weighted by atomic mass is 79.9. The summed E-state index contributed by atoms with van der Waals surface area (Å²) in [5.74, 6) is 0.543. The first kappa shape index (κ1) is 25.7. The maximum atomic E-state index is 13.4. The van der Waals surface area contributed by atoms with E-state index in [1.807, 2.05) is 44.2 Å². The van der Waals surface area contributed by atoms with Crippen molar-refractivity contribution in [1.29, 1.82) is 0 Å². The van der Waals surface area contributed by atoms with Gasteiger partial charge >= 0.3 is 5.69 Å². The van der Waals surface area contributed by atoms with E-state index in [0.717, 1.165) is 20.9 Å². The predicted molar refractivity (Wildman–Crippen MR) is 147 cm³/mol. The van der Waals surface area contributed by atoms with Gasteiger partial charge in [-0.15, -0.1) is 0 Å². The lowest BCUT2D eigenvalue weighted by atomic mass is 10.1. The van der Waals surface area contributed by atoms with Gasteiger partial charge in [0.1, 0.15) is 12.4 Å². The highest BCUT2D eigenvalue weighted by molar-refractivity contribution is 9.10. The molecule has 8 nitrogen and oxygen atoms in total. The summed E-state index contributed by atoms with van der Waals surface area (Å²) in [5, 5.41) is 16.6. The number of aromatic nitrogens is 2. The molecule has 3 aromatic carbocycles. The van der Waals surface area contributed by atoms with Crippen LogP contribution in [-0.4, -0.2) is 20.8 Å². The Morgan fingerprint density at radius 2 is 1.86 bits per heavy atom. The van der Waals surface area contributed by atoms with E-state index in [1.54, 1.807) is 24.3 Å². The number of nitrogens with zero attached hydrogens (tertiary/aromatic N) is 4. The Balaban J connectivity index is 1.79. The molecule has 0 saturated heterocycles. The van der Waals surface area contributed by atoms with Gasteiger partial charge in [-0.05, 0) is 48.4 Å². The zero-order chi connectivity index (χ0) is 25.8. The molecule has 1 heterocycles. The molecule has 0 aliphatic carbocycles. The summed E-state index contributed by atoms with van der Waals surface area (Å²) in [6.45, 7) is 4.10. The molecule has 0 fully saturated rings. The molecule has 0 saturated carbocycles. The average Bonchev–Trinajstić information content (AvgIpc) is 2.87. The Bertz CT molecular complexity index is 1520. The summed E-state index contributed by atoms with van der Waals surface area (Å²) in [6, 6.07) is 17.4. The molecule has 0 unspecified atom stereocenters. The molecule has 0 N–H and O–H groups in total. The van der Waals surface area contributed by atoms with Crippen molar-refractivity contribution in [2.45, 2.75) is 32.8 Å². The molecule has 0 aliphatic rings. The lowest BCUT2D eigenvalue weighted by molar-refractivity contribution is -0.385. The zero-order valence-electron chi connectivity index (χ0n) is 19.5. The van der Waals surface area contributed by atoms with Gasteiger partial charge in [-0.25, -0.2) is 4.98 Å². The molecule has 1 atom stereocenters. The van der Waals surface area contributed by atoms with Crippen molar-refractivity contribution in [2.24, 2.45) is 5.10 Å². The van der Waals surface area contributed by atoms with Crippen LogP contribution >= 0.6 is 31.9 Å². The minimum Gasteiger partial charge on any atom is -0.481 e. The first-order chi connectivity index (χ1) is 17.3. The van der Waals surface area contributed by atoms with Crippen LogP contribution in [0.2, 0.25) is 0 Å². The number of nitro benzene ring substituents is 1. The van der Waals surface area contributed by atoms with Crippen molar-refractivity contribution in [1.82, 2.24) is 9.66 Å².